The summed E-state index contributed by atoms with van der Waals surface area (Å²) >= 11 is 0. The molecule has 1 aromatic carbocycles. The van der Waals surface area contributed by atoms with Crippen LogP contribution in [0.2, 0.25) is 0 Å². The molecule has 106 valence electrons. The number of hydrogen-bond donors (Lipinski definition) is 0. The van der Waals surface area contributed by atoms with Gasteiger partial charge in [-0.3, -0.25) is 4.79 Å². The van der Waals surface area contributed by atoms with Gasteiger partial charge in [-0.1, -0.05) is 69.9 Å². The molecular formula is C17H26O2. The van der Waals surface area contributed by atoms with Crippen LogP contribution in [0, 0.1) is 5.92 Å². The van der Waals surface area contributed by atoms with Gasteiger partial charge in [0.25, 0.3) is 0 Å². The Bertz CT molecular complexity index is 338. The van der Waals surface area contributed by atoms with Gasteiger partial charge in [-0.05, 0) is 18.4 Å². The van der Waals surface area contributed by atoms with E-state index in [2.05, 4.69) is 13.8 Å². The minimum absolute atomic E-state index is 0.0225. The maximum atomic E-state index is 12.1. The molecule has 0 radical (unpaired) electrons. The van der Waals surface area contributed by atoms with Crippen molar-refractivity contribution in [1.29, 1.82) is 0 Å². The molecule has 0 saturated carbocycles. The number of rotatable bonds is 9. The molecule has 0 aliphatic rings. The number of hydrogen-bond acceptors (Lipinski definition) is 2. The van der Waals surface area contributed by atoms with Crippen molar-refractivity contribution in [2.75, 3.05) is 0 Å². The molecule has 1 rings (SSSR count). The number of benzene rings is 1. The van der Waals surface area contributed by atoms with Crippen LogP contribution in [0.1, 0.15) is 57.9 Å². The quantitative estimate of drug-likeness (QED) is 0.601. The van der Waals surface area contributed by atoms with Crippen molar-refractivity contribution < 1.29 is 9.53 Å². The zero-order chi connectivity index (χ0) is 13.9. The van der Waals surface area contributed by atoms with Crippen LogP contribution in [-0.4, -0.2) is 5.97 Å². The van der Waals surface area contributed by atoms with Gasteiger partial charge >= 0.3 is 5.97 Å². The first-order chi connectivity index (χ1) is 9.27. The first-order valence-electron chi connectivity index (χ1n) is 7.48. The van der Waals surface area contributed by atoms with E-state index in [9.17, 15) is 4.79 Å². The summed E-state index contributed by atoms with van der Waals surface area (Å²) in [6.45, 7) is 4.72. The standard InChI is InChI=1S/C17H26O2/c1-3-5-12-16(13-6-4-2)17(18)19-14-15-10-8-7-9-11-15/h7-11,16H,3-6,12-14H2,1-2H3. The Morgan fingerprint density at radius 3 is 2.16 bits per heavy atom. The second kappa shape index (κ2) is 9.60. The largest absolute Gasteiger partial charge is 0.461 e. The SMILES string of the molecule is CCCCC(CCCC)C(=O)OCc1ccccc1. The van der Waals surface area contributed by atoms with E-state index in [0.29, 0.717) is 6.61 Å². The zero-order valence-corrected chi connectivity index (χ0v) is 12.2. The molecule has 1 aromatic rings. The lowest BCUT2D eigenvalue weighted by atomic mass is 9.96. The van der Waals surface area contributed by atoms with E-state index in [1.54, 1.807) is 0 Å². The maximum Gasteiger partial charge on any atom is 0.309 e. The van der Waals surface area contributed by atoms with Crippen LogP contribution in [-0.2, 0) is 16.1 Å². The minimum atomic E-state index is -0.0225. The third-order valence-corrected chi connectivity index (χ3v) is 3.37. The predicted octanol–water partition coefficient (Wildman–Crippen LogP) is 4.73. The van der Waals surface area contributed by atoms with Crippen LogP contribution in [0.5, 0.6) is 0 Å². The molecule has 0 unspecified atom stereocenters. The molecule has 19 heavy (non-hydrogen) atoms. The number of carbonyl (C=O) groups excluding carboxylic acids is 1. The van der Waals surface area contributed by atoms with Gasteiger partial charge < -0.3 is 4.74 Å². The van der Waals surface area contributed by atoms with Crippen LogP contribution >= 0.6 is 0 Å². The predicted molar refractivity (Wildman–Crippen MR) is 78.8 cm³/mol. The van der Waals surface area contributed by atoms with Gasteiger partial charge in [-0.25, -0.2) is 0 Å². The van der Waals surface area contributed by atoms with Crippen LogP contribution in [0.4, 0.5) is 0 Å². The van der Waals surface area contributed by atoms with Crippen LogP contribution in [0.15, 0.2) is 30.3 Å². The summed E-state index contributed by atoms with van der Waals surface area (Å²) < 4.78 is 5.45. The Morgan fingerprint density at radius 2 is 1.63 bits per heavy atom. The zero-order valence-electron chi connectivity index (χ0n) is 12.2. The van der Waals surface area contributed by atoms with Gasteiger partial charge in [0.15, 0.2) is 0 Å². The molecular weight excluding hydrogens is 236 g/mol. The summed E-state index contributed by atoms with van der Waals surface area (Å²) in [5.41, 5.74) is 1.06. The molecule has 0 aliphatic heterocycles. The Kier molecular flexibility index (Phi) is 7.95. The third kappa shape index (κ3) is 6.42. The molecule has 0 N–H and O–H groups in total. The van der Waals surface area contributed by atoms with Crippen molar-refractivity contribution >= 4 is 5.97 Å². The van der Waals surface area contributed by atoms with Crippen molar-refractivity contribution in [3.05, 3.63) is 35.9 Å². The maximum absolute atomic E-state index is 12.1. The molecule has 0 amide bonds. The molecule has 0 heterocycles. The normalized spacial score (nSPS) is 10.7. The van der Waals surface area contributed by atoms with Crippen LogP contribution in [0.25, 0.3) is 0 Å². The van der Waals surface area contributed by atoms with E-state index in [4.69, 9.17) is 4.74 Å². The lowest BCUT2D eigenvalue weighted by Gasteiger charge is -2.15. The molecule has 0 fully saturated rings. The second-order valence-electron chi connectivity index (χ2n) is 5.07. The minimum Gasteiger partial charge on any atom is -0.461 e. The topological polar surface area (TPSA) is 26.3 Å². The van der Waals surface area contributed by atoms with Crippen molar-refractivity contribution in [2.24, 2.45) is 5.92 Å². The first kappa shape index (κ1) is 15.7. The van der Waals surface area contributed by atoms with Crippen molar-refractivity contribution in [3.63, 3.8) is 0 Å². The highest BCUT2D eigenvalue weighted by atomic mass is 16.5. The van der Waals surface area contributed by atoms with Crippen LogP contribution < -0.4 is 0 Å². The fourth-order valence-electron chi connectivity index (χ4n) is 2.13. The first-order valence-corrected chi connectivity index (χ1v) is 7.48. The molecule has 0 atom stereocenters. The van der Waals surface area contributed by atoms with Crippen molar-refractivity contribution in [1.82, 2.24) is 0 Å². The van der Waals surface area contributed by atoms with Gasteiger partial charge in [0, 0.05) is 0 Å². The Balaban J connectivity index is 2.41. The lowest BCUT2D eigenvalue weighted by Crippen LogP contribution is -2.18. The lowest BCUT2D eigenvalue weighted by molar-refractivity contribution is -0.150. The molecule has 0 aliphatic carbocycles. The van der Waals surface area contributed by atoms with E-state index in [1.807, 2.05) is 30.3 Å². The van der Waals surface area contributed by atoms with E-state index in [0.717, 1.165) is 44.1 Å². The number of carbonyl (C=O) groups is 1. The highest BCUT2D eigenvalue weighted by molar-refractivity contribution is 5.72. The fraction of sp³-hybridized carbons (Fsp3) is 0.588. The molecule has 0 spiro atoms. The highest BCUT2D eigenvalue weighted by Crippen LogP contribution is 2.18. The number of ether oxygens (including phenoxy) is 1. The van der Waals surface area contributed by atoms with Gasteiger partial charge in [0.2, 0.25) is 0 Å². The Morgan fingerprint density at radius 1 is 1.05 bits per heavy atom. The average Bonchev–Trinajstić information content (AvgIpc) is 2.46. The molecule has 0 aromatic heterocycles. The molecule has 2 nitrogen and oxygen atoms in total. The van der Waals surface area contributed by atoms with Gasteiger partial charge in [0.05, 0.1) is 5.92 Å². The van der Waals surface area contributed by atoms with Gasteiger partial charge in [0.1, 0.15) is 6.61 Å². The fourth-order valence-corrected chi connectivity index (χ4v) is 2.13. The number of esters is 1. The summed E-state index contributed by atoms with van der Waals surface area (Å²) in [6, 6.07) is 9.88. The van der Waals surface area contributed by atoms with Crippen molar-refractivity contribution in [3.8, 4) is 0 Å². The van der Waals surface area contributed by atoms with E-state index in [1.165, 1.54) is 0 Å². The van der Waals surface area contributed by atoms with Gasteiger partial charge in [-0.15, -0.1) is 0 Å². The highest BCUT2D eigenvalue weighted by Gasteiger charge is 2.18. The third-order valence-electron chi connectivity index (χ3n) is 3.37. The van der Waals surface area contributed by atoms with Gasteiger partial charge in [-0.2, -0.15) is 0 Å². The molecule has 0 saturated heterocycles. The van der Waals surface area contributed by atoms with E-state index in [-0.39, 0.29) is 11.9 Å². The van der Waals surface area contributed by atoms with E-state index >= 15 is 0 Å². The Hall–Kier alpha value is -1.31. The monoisotopic (exact) mass is 262 g/mol. The van der Waals surface area contributed by atoms with E-state index < -0.39 is 0 Å². The summed E-state index contributed by atoms with van der Waals surface area (Å²) in [5.74, 6) is 0.0642. The Labute approximate surface area is 117 Å². The van der Waals surface area contributed by atoms with Crippen molar-refractivity contribution in [2.45, 2.75) is 59.0 Å². The summed E-state index contributed by atoms with van der Waals surface area (Å²) in [5, 5.41) is 0. The van der Waals surface area contributed by atoms with Crippen LogP contribution in [0.3, 0.4) is 0 Å². The average molecular weight is 262 g/mol. The summed E-state index contributed by atoms with van der Waals surface area (Å²) in [7, 11) is 0. The molecule has 2 heteroatoms. The second-order valence-corrected chi connectivity index (χ2v) is 5.07. The summed E-state index contributed by atoms with van der Waals surface area (Å²) in [6.07, 6.45) is 6.40. The molecule has 0 bridgehead atoms. The summed E-state index contributed by atoms with van der Waals surface area (Å²) in [4.78, 5) is 12.1. The smallest absolute Gasteiger partial charge is 0.309 e. The number of unbranched alkanes of at least 4 members (excludes halogenated alkanes) is 2.